The first kappa shape index (κ1) is 19.2. The molecule has 10 heteroatoms. The normalized spacial score (nSPS) is 11.3. The van der Waals surface area contributed by atoms with Gasteiger partial charge in [0.1, 0.15) is 11.6 Å². The number of hydrogen-bond acceptors (Lipinski definition) is 6. The maximum absolute atomic E-state index is 8.98. The number of hydrogen-bond donors (Lipinski definition) is 1. The minimum Gasteiger partial charge on any atom is -0.278 e. The summed E-state index contributed by atoms with van der Waals surface area (Å²) in [5.41, 5.74) is 6.22. The van der Waals surface area contributed by atoms with Crippen LogP contribution in [0.3, 0.4) is 0 Å². The Balaban J connectivity index is 1.43. The fourth-order valence-electron chi connectivity index (χ4n) is 3.82. The first-order valence-corrected chi connectivity index (χ1v) is 10.4. The summed E-state index contributed by atoms with van der Waals surface area (Å²) in [6.07, 6.45) is 5.07. The third-order valence-electron chi connectivity index (χ3n) is 5.45. The maximum Gasteiger partial charge on any atom is 0.132 e. The molecule has 1 N–H and O–H groups in total. The Kier molecular flexibility index (Phi) is 4.38. The number of H-pyrrole nitrogens is 1. The van der Waals surface area contributed by atoms with E-state index in [4.69, 9.17) is 16.9 Å². The van der Waals surface area contributed by atoms with Crippen LogP contribution in [0.2, 0.25) is 5.02 Å². The van der Waals surface area contributed by atoms with Crippen LogP contribution in [0.1, 0.15) is 11.3 Å². The van der Waals surface area contributed by atoms with Crippen LogP contribution in [0.25, 0.3) is 38.9 Å². The lowest BCUT2D eigenvalue weighted by molar-refractivity contribution is 0.680. The number of aromatic amines is 1. The topological polar surface area (TPSA) is 114 Å². The van der Waals surface area contributed by atoms with E-state index in [2.05, 4.69) is 36.7 Å². The van der Waals surface area contributed by atoms with Crippen molar-refractivity contribution in [3.05, 3.63) is 83.4 Å². The molecule has 0 aliphatic heterocycles. The smallest absolute Gasteiger partial charge is 0.132 e. The van der Waals surface area contributed by atoms with Crippen molar-refractivity contribution in [1.82, 2.24) is 40.0 Å². The van der Waals surface area contributed by atoms with Gasteiger partial charge >= 0.3 is 0 Å². The minimum atomic E-state index is 0.456. The van der Waals surface area contributed by atoms with Crippen molar-refractivity contribution < 1.29 is 0 Å². The van der Waals surface area contributed by atoms with E-state index in [1.165, 1.54) is 0 Å². The van der Waals surface area contributed by atoms with Crippen LogP contribution >= 0.6 is 11.6 Å². The number of nitrogens with zero attached hydrogens (tertiary/aromatic N) is 8. The molecule has 0 atom stereocenters. The third-order valence-corrected chi connectivity index (χ3v) is 5.74. The summed E-state index contributed by atoms with van der Waals surface area (Å²) in [7, 11) is 0. The van der Waals surface area contributed by atoms with E-state index in [1.807, 2.05) is 47.1 Å². The molecule has 0 amide bonds. The highest BCUT2D eigenvalue weighted by molar-refractivity contribution is 6.35. The SMILES string of the molecule is N#Cc1ccc(Cn2nccc2-c2cc(Cl)c3nnn(-c4ccc5cn[nH]c5c4)c3c2)nc1. The zero-order chi connectivity index (χ0) is 22.4. The van der Waals surface area contributed by atoms with Crippen molar-refractivity contribution >= 4 is 33.5 Å². The van der Waals surface area contributed by atoms with Crippen LogP contribution < -0.4 is 0 Å². The Morgan fingerprint density at radius 1 is 1.06 bits per heavy atom. The Hall–Kier alpha value is -4.55. The molecule has 0 fully saturated rings. The van der Waals surface area contributed by atoms with E-state index in [0.29, 0.717) is 22.6 Å². The van der Waals surface area contributed by atoms with E-state index < -0.39 is 0 Å². The van der Waals surface area contributed by atoms with Crippen molar-refractivity contribution in [1.29, 1.82) is 5.26 Å². The number of rotatable bonds is 4. The molecule has 0 saturated heterocycles. The Labute approximate surface area is 191 Å². The fraction of sp³-hybridized carbons (Fsp3) is 0.0435. The van der Waals surface area contributed by atoms with Crippen molar-refractivity contribution in [3.63, 3.8) is 0 Å². The third kappa shape index (κ3) is 3.30. The van der Waals surface area contributed by atoms with Gasteiger partial charge in [0.2, 0.25) is 0 Å². The molecule has 0 unspecified atom stereocenters. The monoisotopic (exact) mass is 451 g/mol. The summed E-state index contributed by atoms with van der Waals surface area (Å²) >= 11 is 6.60. The molecule has 4 aromatic heterocycles. The zero-order valence-electron chi connectivity index (χ0n) is 17.0. The minimum absolute atomic E-state index is 0.456. The second kappa shape index (κ2) is 7.55. The predicted molar refractivity (Wildman–Crippen MR) is 123 cm³/mol. The number of pyridine rings is 1. The van der Waals surface area contributed by atoms with Crippen molar-refractivity contribution in [2.45, 2.75) is 6.54 Å². The van der Waals surface area contributed by atoms with Crippen LogP contribution in [-0.4, -0.2) is 40.0 Å². The van der Waals surface area contributed by atoms with Gasteiger partial charge in [-0.05, 0) is 48.5 Å². The van der Waals surface area contributed by atoms with Crippen LogP contribution in [0.15, 0.2) is 67.1 Å². The van der Waals surface area contributed by atoms with E-state index >= 15 is 0 Å². The number of aromatic nitrogens is 8. The molecule has 0 saturated carbocycles. The van der Waals surface area contributed by atoms with Gasteiger partial charge in [0, 0.05) is 23.3 Å². The van der Waals surface area contributed by atoms with E-state index in [1.54, 1.807) is 29.3 Å². The molecule has 158 valence electrons. The fourth-order valence-corrected chi connectivity index (χ4v) is 4.07. The lowest BCUT2D eigenvalue weighted by Gasteiger charge is -2.09. The first-order valence-electron chi connectivity index (χ1n) is 10.1. The number of fused-ring (bicyclic) bond motifs is 2. The molecule has 0 aliphatic carbocycles. The molecule has 0 spiro atoms. The van der Waals surface area contributed by atoms with E-state index in [0.717, 1.165) is 39.1 Å². The number of benzene rings is 2. The van der Waals surface area contributed by atoms with Gasteiger partial charge in [-0.25, -0.2) is 4.68 Å². The van der Waals surface area contributed by atoms with Crippen molar-refractivity contribution in [2.75, 3.05) is 0 Å². The highest BCUT2D eigenvalue weighted by Gasteiger charge is 2.15. The quantitative estimate of drug-likeness (QED) is 0.431. The molecule has 0 bridgehead atoms. The summed E-state index contributed by atoms with van der Waals surface area (Å²) in [5, 5.41) is 30.6. The second-order valence-electron chi connectivity index (χ2n) is 7.49. The number of nitrogens with one attached hydrogen (secondary N) is 1. The largest absolute Gasteiger partial charge is 0.278 e. The lowest BCUT2D eigenvalue weighted by Crippen LogP contribution is -2.05. The zero-order valence-corrected chi connectivity index (χ0v) is 17.8. The van der Waals surface area contributed by atoms with Crippen LogP contribution in [0.4, 0.5) is 0 Å². The number of nitriles is 1. The standard InChI is InChI=1S/C23H14ClN9/c24-19-7-16(21-5-6-28-32(21)13-17-3-1-14(10-25)11-26-17)8-22-23(19)30-31-33(22)18-4-2-15-12-27-29-20(15)9-18/h1-9,11-12H,13H2,(H,27,29). The van der Waals surface area contributed by atoms with E-state index in [-0.39, 0.29) is 0 Å². The van der Waals surface area contributed by atoms with Gasteiger partial charge in [0.05, 0.1) is 51.4 Å². The molecule has 6 aromatic rings. The van der Waals surface area contributed by atoms with Gasteiger partial charge < -0.3 is 0 Å². The molecule has 6 rings (SSSR count). The highest BCUT2D eigenvalue weighted by atomic mass is 35.5. The highest BCUT2D eigenvalue weighted by Crippen LogP contribution is 2.31. The molecule has 9 nitrogen and oxygen atoms in total. The van der Waals surface area contributed by atoms with Gasteiger partial charge in [0.15, 0.2) is 0 Å². The summed E-state index contributed by atoms with van der Waals surface area (Å²) in [5.74, 6) is 0. The van der Waals surface area contributed by atoms with Gasteiger partial charge in [-0.3, -0.25) is 14.8 Å². The first-order chi connectivity index (χ1) is 16.2. The molecular formula is C23H14ClN9. The average Bonchev–Trinajstić information content (AvgIpc) is 3.58. The van der Waals surface area contributed by atoms with Crippen molar-refractivity contribution in [2.24, 2.45) is 0 Å². The lowest BCUT2D eigenvalue weighted by atomic mass is 10.1. The molecule has 4 heterocycles. The Bertz CT molecular complexity index is 1670. The maximum atomic E-state index is 8.98. The van der Waals surface area contributed by atoms with Gasteiger partial charge in [-0.15, -0.1) is 5.10 Å². The Morgan fingerprint density at radius 3 is 2.85 bits per heavy atom. The van der Waals surface area contributed by atoms with E-state index in [9.17, 15) is 0 Å². The summed E-state index contributed by atoms with van der Waals surface area (Å²) in [6, 6.07) is 17.3. The second-order valence-corrected chi connectivity index (χ2v) is 7.90. The summed E-state index contributed by atoms with van der Waals surface area (Å²) in [4.78, 5) is 4.35. The van der Waals surface area contributed by atoms with Gasteiger partial charge in [-0.2, -0.15) is 15.5 Å². The van der Waals surface area contributed by atoms with Crippen LogP contribution in [-0.2, 0) is 6.54 Å². The van der Waals surface area contributed by atoms with Gasteiger partial charge in [-0.1, -0.05) is 16.8 Å². The molecule has 2 aromatic carbocycles. The van der Waals surface area contributed by atoms with Gasteiger partial charge in [0.25, 0.3) is 0 Å². The predicted octanol–water partition coefficient (Wildman–Crippen LogP) is 4.13. The van der Waals surface area contributed by atoms with Crippen LogP contribution in [0.5, 0.6) is 0 Å². The number of halogens is 1. The average molecular weight is 452 g/mol. The molecule has 0 radical (unpaired) electrons. The molecular weight excluding hydrogens is 438 g/mol. The molecule has 0 aliphatic rings. The summed E-state index contributed by atoms with van der Waals surface area (Å²) in [6.45, 7) is 0.456. The van der Waals surface area contributed by atoms with Crippen LogP contribution in [0, 0.1) is 11.3 Å². The molecule has 33 heavy (non-hydrogen) atoms. The Morgan fingerprint density at radius 2 is 2.00 bits per heavy atom. The van der Waals surface area contributed by atoms with Crippen molar-refractivity contribution in [3.8, 4) is 23.0 Å². The summed E-state index contributed by atoms with van der Waals surface area (Å²) < 4.78 is 3.60.